The Labute approximate surface area is 113 Å². The van der Waals surface area contributed by atoms with Crippen LogP contribution in [0.2, 0.25) is 0 Å². The minimum absolute atomic E-state index is 0.501. The van der Waals surface area contributed by atoms with Gasteiger partial charge in [0.05, 0.1) is 17.8 Å². The minimum Gasteiger partial charge on any atom is -0.304 e. The average molecular weight is 282 g/mol. The molecule has 0 atom stereocenters. The van der Waals surface area contributed by atoms with Gasteiger partial charge in [-0.05, 0) is 37.8 Å². The monoisotopic (exact) mass is 281 g/mol. The molecule has 1 aliphatic rings. The summed E-state index contributed by atoms with van der Waals surface area (Å²) in [6.07, 6.45) is 2.87. The van der Waals surface area contributed by atoms with Gasteiger partial charge in [0.15, 0.2) is 0 Å². The Hall–Kier alpha value is -0.0400. The molecule has 5 nitrogen and oxygen atoms in total. The highest BCUT2D eigenvalue weighted by atomic mass is 35.5. The molecule has 0 aromatic rings. The molecule has 0 amide bonds. The number of hydrogen-bond acceptors (Lipinski definition) is 5. The molecule has 0 saturated heterocycles. The highest BCUT2D eigenvalue weighted by Crippen LogP contribution is 2.10. The summed E-state index contributed by atoms with van der Waals surface area (Å²) < 4.78 is 1.40. The number of nitrogens with one attached hydrogen (secondary N) is 2. The van der Waals surface area contributed by atoms with Gasteiger partial charge in [0.2, 0.25) is 0 Å². The zero-order valence-electron chi connectivity index (χ0n) is 10.4. The Morgan fingerprint density at radius 1 is 1.47 bits per heavy atom. The fourth-order valence-corrected chi connectivity index (χ4v) is 2.11. The molecule has 0 spiro atoms. The highest BCUT2D eigenvalue weighted by Gasteiger charge is 2.13. The van der Waals surface area contributed by atoms with Gasteiger partial charge in [-0.25, -0.2) is 10.5 Å². The van der Waals surface area contributed by atoms with Crippen LogP contribution in [0.25, 0.3) is 0 Å². The Kier molecular flexibility index (Phi) is 7.18. The third-order valence-corrected chi connectivity index (χ3v) is 3.02. The lowest BCUT2D eigenvalue weighted by atomic mass is 10.4. The Balaban J connectivity index is 2.16. The second kappa shape index (κ2) is 8.13. The second-order valence-corrected chi connectivity index (χ2v) is 4.75. The van der Waals surface area contributed by atoms with Crippen molar-refractivity contribution in [1.82, 2.24) is 25.5 Å². The van der Waals surface area contributed by atoms with Crippen molar-refractivity contribution in [2.75, 3.05) is 32.7 Å². The number of hydrazine groups is 3. The van der Waals surface area contributed by atoms with Crippen LogP contribution in [-0.2, 0) is 0 Å². The summed E-state index contributed by atoms with van der Waals surface area (Å²) in [5.74, 6) is 0. The molecule has 0 aromatic heterocycles. The molecule has 1 heterocycles. The molecule has 17 heavy (non-hydrogen) atoms. The molecule has 1 rings (SSSR count). The molecule has 0 aromatic carbocycles. The molecule has 0 saturated carbocycles. The Bertz CT molecular complexity index is 245. The summed E-state index contributed by atoms with van der Waals surface area (Å²) in [6, 6.07) is 0. The van der Waals surface area contributed by atoms with Crippen LogP contribution in [0.3, 0.4) is 0 Å². The Morgan fingerprint density at radius 2 is 2.18 bits per heavy atom. The van der Waals surface area contributed by atoms with Crippen molar-refractivity contribution < 1.29 is 0 Å². The molecule has 2 N–H and O–H groups in total. The third kappa shape index (κ3) is 5.90. The van der Waals surface area contributed by atoms with Crippen LogP contribution in [0.5, 0.6) is 0 Å². The number of nitrogens with zero attached hydrogens (tertiary/aromatic N) is 3. The lowest BCUT2D eigenvalue weighted by Crippen LogP contribution is -2.53. The van der Waals surface area contributed by atoms with Gasteiger partial charge < -0.3 is 4.90 Å². The first-order valence-electron chi connectivity index (χ1n) is 5.96. The van der Waals surface area contributed by atoms with Crippen molar-refractivity contribution in [3.8, 4) is 0 Å². The van der Waals surface area contributed by atoms with E-state index in [2.05, 4.69) is 29.7 Å². The van der Waals surface area contributed by atoms with E-state index in [4.69, 9.17) is 23.4 Å². The van der Waals surface area contributed by atoms with Gasteiger partial charge in [-0.2, -0.15) is 0 Å². The van der Waals surface area contributed by atoms with Crippen molar-refractivity contribution in [2.45, 2.75) is 20.3 Å². The van der Waals surface area contributed by atoms with Gasteiger partial charge in [0.25, 0.3) is 0 Å². The van der Waals surface area contributed by atoms with E-state index < -0.39 is 0 Å². The molecule has 0 bridgehead atoms. The predicted molar refractivity (Wildman–Crippen MR) is 71.9 cm³/mol. The lowest BCUT2D eigenvalue weighted by Gasteiger charge is -2.30. The van der Waals surface area contributed by atoms with Crippen molar-refractivity contribution in [3.05, 3.63) is 11.2 Å². The molecule has 0 aliphatic carbocycles. The van der Waals surface area contributed by atoms with Crippen LogP contribution < -0.4 is 11.0 Å². The van der Waals surface area contributed by atoms with Crippen LogP contribution in [0, 0.1) is 0 Å². The summed E-state index contributed by atoms with van der Waals surface area (Å²) in [5, 5.41) is 2.37. The first kappa shape index (κ1) is 15.0. The molecule has 7 heteroatoms. The maximum Gasteiger partial charge on any atom is 0.0688 e. The standard InChI is InChI=1S/C10H21Cl2N5/c1-3-15(4-2)7-5-6-13-17-9-10(11)8-16(12)14-17/h9,13-14H,3-8H2,1-2H3. The summed E-state index contributed by atoms with van der Waals surface area (Å²) in [7, 11) is 0. The topological polar surface area (TPSA) is 33.8 Å². The van der Waals surface area contributed by atoms with Crippen LogP contribution in [0.1, 0.15) is 20.3 Å². The summed E-state index contributed by atoms with van der Waals surface area (Å²) >= 11 is 11.7. The molecule has 0 fully saturated rings. The van der Waals surface area contributed by atoms with Gasteiger partial charge in [-0.15, -0.1) is 10.1 Å². The van der Waals surface area contributed by atoms with E-state index in [1.165, 1.54) is 4.53 Å². The van der Waals surface area contributed by atoms with Crippen molar-refractivity contribution >= 4 is 23.4 Å². The fraction of sp³-hybridized carbons (Fsp3) is 0.800. The largest absolute Gasteiger partial charge is 0.304 e. The van der Waals surface area contributed by atoms with Crippen LogP contribution in [0.4, 0.5) is 0 Å². The third-order valence-electron chi connectivity index (χ3n) is 2.60. The molecule has 0 unspecified atom stereocenters. The van der Waals surface area contributed by atoms with Gasteiger partial charge in [-0.3, -0.25) is 0 Å². The average Bonchev–Trinajstić information content (AvgIpc) is 2.28. The van der Waals surface area contributed by atoms with E-state index in [0.717, 1.165) is 32.6 Å². The predicted octanol–water partition coefficient (Wildman–Crippen LogP) is 1.49. The van der Waals surface area contributed by atoms with E-state index >= 15 is 0 Å². The summed E-state index contributed by atoms with van der Waals surface area (Å²) in [6.45, 7) is 9.01. The van der Waals surface area contributed by atoms with Gasteiger partial charge in [0, 0.05) is 6.54 Å². The quantitative estimate of drug-likeness (QED) is 0.546. The molecule has 0 radical (unpaired) electrons. The van der Waals surface area contributed by atoms with Crippen LogP contribution in [-0.4, -0.2) is 47.3 Å². The Morgan fingerprint density at radius 3 is 2.76 bits per heavy atom. The summed E-state index contributed by atoms with van der Waals surface area (Å²) in [4.78, 5) is 2.39. The molecule has 1 aliphatic heterocycles. The normalized spacial score (nSPS) is 17.7. The van der Waals surface area contributed by atoms with E-state index in [1.807, 2.05) is 0 Å². The summed E-state index contributed by atoms with van der Waals surface area (Å²) in [5.41, 5.74) is 6.10. The maximum absolute atomic E-state index is 5.92. The number of rotatable bonds is 7. The minimum atomic E-state index is 0.501. The number of halogens is 2. The van der Waals surface area contributed by atoms with Crippen LogP contribution in [0.15, 0.2) is 11.2 Å². The van der Waals surface area contributed by atoms with Crippen molar-refractivity contribution in [3.63, 3.8) is 0 Å². The zero-order chi connectivity index (χ0) is 12.7. The van der Waals surface area contributed by atoms with E-state index in [1.54, 1.807) is 11.3 Å². The van der Waals surface area contributed by atoms with Gasteiger partial charge in [0.1, 0.15) is 0 Å². The van der Waals surface area contributed by atoms with E-state index in [-0.39, 0.29) is 0 Å². The van der Waals surface area contributed by atoms with E-state index in [0.29, 0.717) is 11.6 Å². The lowest BCUT2D eigenvalue weighted by molar-refractivity contribution is 0.0750. The van der Waals surface area contributed by atoms with Gasteiger partial charge in [-0.1, -0.05) is 25.4 Å². The van der Waals surface area contributed by atoms with Crippen molar-refractivity contribution in [2.24, 2.45) is 0 Å². The molecular formula is C10H21Cl2N5. The maximum atomic E-state index is 5.92. The molecule has 100 valence electrons. The second-order valence-electron chi connectivity index (χ2n) is 3.85. The highest BCUT2D eigenvalue weighted by molar-refractivity contribution is 6.30. The van der Waals surface area contributed by atoms with Crippen molar-refractivity contribution in [1.29, 1.82) is 0 Å². The zero-order valence-corrected chi connectivity index (χ0v) is 11.9. The van der Waals surface area contributed by atoms with Gasteiger partial charge >= 0.3 is 0 Å². The fourth-order valence-electron chi connectivity index (χ4n) is 1.62. The van der Waals surface area contributed by atoms with E-state index in [9.17, 15) is 0 Å². The SMILES string of the molecule is CCN(CC)CCCNN1C=C(Cl)CN(Cl)N1. The molecular weight excluding hydrogens is 261 g/mol. The van der Waals surface area contributed by atoms with Crippen LogP contribution >= 0.6 is 23.4 Å². The first-order chi connectivity index (χ1) is 8.15. The number of hydrogen-bond donors (Lipinski definition) is 2. The first-order valence-corrected chi connectivity index (χ1v) is 6.68. The smallest absolute Gasteiger partial charge is 0.0688 e.